The van der Waals surface area contributed by atoms with Gasteiger partial charge < -0.3 is 20.1 Å². The maximum absolute atomic E-state index is 12.0. The van der Waals surface area contributed by atoms with Crippen LogP contribution in [0.15, 0.2) is 35.5 Å². The Kier molecular flexibility index (Phi) is 5.78. The Labute approximate surface area is 139 Å². The topological polar surface area (TPSA) is 94.5 Å². The fourth-order valence-corrected chi connectivity index (χ4v) is 2.08. The largest absolute Gasteiger partial charge is 0.497 e. The molecule has 8 heteroatoms. The van der Waals surface area contributed by atoms with Crippen molar-refractivity contribution < 1.29 is 14.3 Å². The molecule has 0 bridgehead atoms. The van der Waals surface area contributed by atoms with E-state index in [4.69, 9.17) is 9.47 Å². The van der Waals surface area contributed by atoms with Gasteiger partial charge in [0, 0.05) is 30.9 Å². The first-order chi connectivity index (χ1) is 11.5. The molecule has 0 radical (unpaired) electrons. The van der Waals surface area contributed by atoms with Gasteiger partial charge in [-0.1, -0.05) is 0 Å². The number of aromatic nitrogens is 2. The summed E-state index contributed by atoms with van der Waals surface area (Å²) in [6.07, 6.45) is 2.95. The van der Waals surface area contributed by atoms with Gasteiger partial charge >= 0.3 is 6.03 Å². The molecule has 0 spiro atoms. The molecule has 8 nitrogen and oxygen atoms in total. The third kappa shape index (κ3) is 4.25. The van der Waals surface area contributed by atoms with E-state index in [1.165, 1.54) is 24.2 Å². The molecule has 2 N–H and O–H groups in total. The van der Waals surface area contributed by atoms with Gasteiger partial charge in [-0.3, -0.25) is 9.36 Å². The summed E-state index contributed by atoms with van der Waals surface area (Å²) in [6, 6.07) is 4.68. The van der Waals surface area contributed by atoms with Crippen LogP contribution in [0.2, 0.25) is 0 Å². The first-order valence-electron chi connectivity index (χ1n) is 7.33. The highest BCUT2D eigenvalue weighted by atomic mass is 16.5. The van der Waals surface area contributed by atoms with Crippen molar-refractivity contribution in [2.45, 2.75) is 13.5 Å². The van der Waals surface area contributed by atoms with Gasteiger partial charge in [0.25, 0.3) is 5.56 Å². The summed E-state index contributed by atoms with van der Waals surface area (Å²) in [4.78, 5) is 27.8. The van der Waals surface area contributed by atoms with Gasteiger partial charge in [-0.05, 0) is 19.1 Å². The summed E-state index contributed by atoms with van der Waals surface area (Å²) in [7, 11) is 3.06. The molecular formula is C16H20N4O4. The first kappa shape index (κ1) is 17.3. The molecule has 2 rings (SSSR count). The lowest BCUT2D eigenvalue weighted by atomic mass is 10.2. The Hall–Kier alpha value is -3.03. The lowest BCUT2D eigenvalue weighted by molar-refractivity contribution is 0.251. The van der Waals surface area contributed by atoms with Gasteiger partial charge in [-0.25, -0.2) is 9.78 Å². The number of carbonyl (C=O) groups is 1. The fourth-order valence-electron chi connectivity index (χ4n) is 2.08. The number of aryl methyl sites for hydroxylation is 1. The zero-order valence-electron chi connectivity index (χ0n) is 13.8. The summed E-state index contributed by atoms with van der Waals surface area (Å²) in [5.74, 6) is 1.12. The van der Waals surface area contributed by atoms with Gasteiger partial charge in [-0.15, -0.1) is 0 Å². The van der Waals surface area contributed by atoms with E-state index in [0.717, 1.165) is 0 Å². The standard InChI is InChI=1S/C16H20N4O4/c1-11-9-17-10-20(15(11)21)7-6-18-16(22)19-13-5-4-12(23-2)8-14(13)24-3/h4-5,8-10H,6-7H2,1-3H3,(H2,18,19,22). The van der Waals surface area contributed by atoms with Crippen molar-refractivity contribution >= 4 is 11.7 Å². The average Bonchev–Trinajstić information content (AvgIpc) is 2.59. The predicted molar refractivity (Wildman–Crippen MR) is 89.8 cm³/mol. The molecule has 1 heterocycles. The summed E-state index contributed by atoms with van der Waals surface area (Å²) >= 11 is 0. The van der Waals surface area contributed by atoms with E-state index in [1.54, 1.807) is 32.2 Å². The number of nitrogens with zero attached hydrogens (tertiary/aromatic N) is 2. The van der Waals surface area contributed by atoms with Crippen molar-refractivity contribution in [1.29, 1.82) is 0 Å². The number of methoxy groups -OCH3 is 2. The molecule has 2 amide bonds. The molecule has 1 aromatic heterocycles. The minimum Gasteiger partial charge on any atom is -0.497 e. The number of hydrogen-bond acceptors (Lipinski definition) is 5. The van der Waals surface area contributed by atoms with Crippen LogP contribution >= 0.6 is 0 Å². The maximum Gasteiger partial charge on any atom is 0.319 e. The monoisotopic (exact) mass is 332 g/mol. The molecule has 128 valence electrons. The summed E-state index contributed by atoms with van der Waals surface area (Å²) in [5.41, 5.74) is 0.958. The highest BCUT2D eigenvalue weighted by Crippen LogP contribution is 2.28. The minimum atomic E-state index is -0.396. The zero-order chi connectivity index (χ0) is 17.5. The predicted octanol–water partition coefficient (Wildman–Crippen LogP) is 1.39. The van der Waals surface area contributed by atoms with Crippen LogP contribution in [-0.2, 0) is 6.54 Å². The van der Waals surface area contributed by atoms with Crippen LogP contribution in [0.1, 0.15) is 5.56 Å². The summed E-state index contributed by atoms with van der Waals surface area (Å²) in [6.45, 7) is 2.32. The molecule has 0 aliphatic carbocycles. The molecule has 0 atom stereocenters. The van der Waals surface area contributed by atoms with Crippen molar-refractivity contribution in [3.05, 3.63) is 46.6 Å². The van der Waals surface area contributed by atoms with Crippen LogP contribution in [0.3, 0.4) is 0 Å². The minimum absolute atomic E-state index is 0.121. The molecule has 0 aliphatic rings. The number of nitrogens with one attached hydrogen (secondary N) is 2. The van der Waals surface area contributed by atoms with E-state index in [1.807, 2.05) is 0 Å². The number of benzene rings is 1. The number of amides is 2. The third-order valence-electron chi connectivity index (χ3n) is 3.37. The third-order valence-corrected chi connectivity index (χ3v) is 3.37. The molecule has 0 unspecified atom stereocenters. The molecule has 2 aromatic rings. The molecule has 1 aromatic carbocycles. The highest BCUT2D eigenvalue weighted by molar-refractivity contribution is 5.91. The van der Waals surface area contributed by atoms with Gasteiger partial charge in [-0.2, -0.15) is 0 Å². The number of ether oxygens (including phenoxy) is 2. The molecule has 0 saturated heterocycles. The van der Waals surface area contributed by atoms with Gasteiger partial charge in [0.2, 0.25) is 0 Å². The second-order valence-corrected chi connectivity index (χ2v) is 5.02. The van der Waals surface area contributed by atoms with E-state index in [0.29, 0.717) is 29.3 Å². The number of hydrogen-bond donors (Lipinski definition) is 2. The Morgan fingerprint density at radius 1 is 1.29 bits per heavy atom. The van der Waals surface area contributed by atoms with Crippen molar-refractivity contribution in [2.24, 2.45) is 0 Å². The van der Waals surface area contributed by atoms with Gasteiger partial charge in [0.1, 0.15) is 11.5 Å². The lowest BCUT2D eigenvalue weighted by Gasteiger charge is -2.12. The second kappa shape index (κ2) is 8.00. The average molecular weight is 332 g/mol. The molecule has 24 heavy (non-hydrogen) atoms. The normalized spacial score (nSPS) is 10.1. The first-order valence-corrected chi connectivity index (χ1v) is 7.33. The smallest absolute Gasteiger partial charge is 0.319 e. The van der Waals surface area contributed by atoms with Crippen LogP contribution < -0.4 is 25.7 Å². The lowest BCUT2D eigenvalue weighted by Crippen LogP contribution is -2.34. The molecule has 0 saturated carbocycles. The van der Waals surface area contributed by atoms with Crippen LogP contribution in [0.5, 0.6) is 11.5 Å². The Bertz CT molecular complexity index is 773. The van der Waals surface area contributed by atoms with Crippen molar-refractivity contribution in [3.63, 3.8) is 0 Å². The van der Waals surface area contributed by atoms with E-state index in [2.05, 4.69) is 15.6 Å². The van der Waals surface area contributed by atoms with Crippen molar-refractivity contribution in [3.8, 4) is 11.5 Å². The Morgan fingerprint density at radius 3 is 2.79 bits per heavy atom. The zero-order valence-corrected chi connectivity index (χ0v) is 13.8. The summed E-state index contributed by atoms with van der Waals surface area (Å²) in [5, 5.41) is 5.37. The van der Waals surface area contributed by atoms with E-state index in [9.17, 15) is 9.59 Å². The van der Waals surface area contributed by atoms with Crippen molar-refractivity contribution in [2.75, 3.05) is 26.1 Å². The molecule has 0 aliphatic heterocycles. The quantitative estimate of drug-likeness (QED) is 0.833. The van der Waals surface area contributed by atoms with Gasteiger partial charge in [0.05, 0.1) is 26.2 Å². The molecular weight excluding hydrogens is 312 g/mol. The Balaban J connectivity index is 1.92. The van der Waals surface area contributed by atoms with Crippen molar-refractivity contribution in [1.82, 2.24) is 14.9 Å². The molecule has 0 fully saturated rings. The van der Waals surface area contributed by atoms with Crippen LogP contribution in [0.4, 0.5) is 10.5 Å². The number of rotatable bonds is 6. The number of anilines is 1. The fraction of sp³-hybridized carbons (Fsp3) is 0.312. The van der Waals surface area contributed by atoms with Crippen LogP contribution in [-0.4, -0.2) is 36.3 Å². The van der Waals surface area contributed by atoms with Crippen LogP contribution in [0, 0.1) is 6.92 Å². The van der Waals surface area contributed by atoms with E-state index in [-0.39, 0.29) is 12.1 Å². The summed E-state index contributed by atoms with van der Waals surface area (Å²) < 4.78 is 11.8. The van der Waals surface area contributed by atoms with Crippen LogP contribution in [0.25, 0.3) is 0 Å². The van der Waals surface area contributed by atoms with Gasteiger partial charge in [0.15, 0.2) is 0 Å². The highest BCUT2D eigenvalue weighted by Gasteiger charge is 2.08. The maximum atomic E-state index is 12.0. The SMILES string of the molecule is COc1ccc(NC(=O)NCCn2cncc(C)c2=O)c(OC)c1. The number of carbonyl (C=O) groups excluding carboxylic acids is 1. The number of urea groups is 1. The van der Waals surface area contributed by atoms with E-state index < -0.39 is 6.03 Å². The second-order valence-electron chi connectivity index (χ2n) is 5.02. The van der Waals surface area contributed by atoms with E-state index >= 15 is 0 Å². The Morgan fingerprint density at radius 2 is 2.08 bits per heavy atom.